The van der Waals surface area contributed by atoms with Crippen LogP contribution in [0.4, 0.5) is 0 Å². The summed E-state index contributed by atoms with van der Waals surface area (Å²) in [6, 6.07) is 0. The molecular formula is C6HCl5O2S. The molecule has 0 aromatic heterocycles. The zero-order chi connectivity index (χ0) is 11.0. The Kier molecular flexibility index (Phi) is 4.35. The van der Waals surface area contributed by atoms with Crippen molar-refractivity contribution in [2.75, 3.05) is 0 Å². The molecule has 0 amide bonds. The van der Waals surface area contributed by atoms with Crippen molar-refractivity contribution in [1.82, 2.24) is 0 Å². The van der Waals surface area contributed by atoms with Crippen LogP contribution in [-0.4, -0.2) is 8.76 Å². The van der Waals surface area contributed by atoms with E-state index in [1.54, 1.807) is 0 Å². The Morgan fingerprint density at radius 3 is 1.36 bits per heavy atom. The summed E-state index contributed by atoms with van der Waals surface area (Å²) in [5, 5.41) is -0.586. The van der Waals surface area contributed by atoms with E-state index < -0.39 is 11.1 Å². The molecule has 0 aliphatic heterocycles. The Labute approximate surface area is 107 Å². The Hall–Kier alpha value is 0.780. The van der Waals surface area contributed by atoms with E-state index in [9.17, 15) is 4.21 Å². The Balaban J connectivity index is 3.68. The van der Waals surface area contributed by atoms with Crippen LogP contribution in [0, 0.1) is 0 Å². The zero-order valence-electron chi connectivity index (χ0n) is 6.15. The topological polar surface area (TPSA) is 37.3 Å². The van der Waals surface area contributed by atoms with Gasteiger partial charge in [-0.1, -0.05) is 58.0 Å². The zero-order valence-corrected chi connectivity index (χ0v) is 10.7. The van der Waals surface area contributed by atoms with Gasteiger partial charge >= 0.3 is 0 Å². The largest absolute Gasteiger partial charge is 0.302 e. The van der Waals surface area contributed by atoms with E-state index in [-0.39, 0.29) is 30.0 Å². The summed E-state index contributed by atoms with van der Waals surface area (Å²) in [6.07, 6.45) is 0. The van der Waals surface area contributed by atoms with Crippen LogP contribution in [0.5, 0.6) is 0 Å². The monoisotopic (exact) mass is 312 g/mol. The van der Waals surface area contributed by atoms with Crippen molar-refractivity contribution in [1.29, 1.82) is 0 Å². The lowest BCUT2D eigenvalue weighted by Crippen LogP contribution is -1.93. The van der Waals surface area contributed by atoms with Gasteiger partial charge in [-0.25, -0.2) is 4.21 Å². The second-order valence-corrected chi connectivity index (χ2v) is 4.94. The molecule has 0 heterocycles. The molecular weight excluding hydrogens is 313 g/mol. The van der Waals surface area contributed by atoms with Gasteiger partial charge in [0, 0.05) is 0 Å². The number of benzene rings is 1. The van der Waals surface area contributed by atoms with Gasteiger partial charge in [0.05, 0.1) is 25.1 Å². The van der Waals surface area contributed by atoms with Gasteiger partial charge in [0.2, 0.25) is 0 Å². The molecule has 0 spiro atoms. The molecule has 14 heavy (non-hydrogen) atoms. The van der Waals surface area contributed by atoms with Gasteiger partial charge in [0.1, 0.15) is 4.90 Å². The van der Waals surface area contributed by atoms with Crippen molar-refractivity contribution in [2.24, 2.45) is 0 Å². The lowest BCUT2D eigenvalue weighted by Gasteiger charge is -2.08. The quantitative estimate of drug-likeness (QED) is 0.469. The third kappa shape index (κ3) is 2.14. The molecule has 78 valence electrons. The van der Waals surface area contributed by atoms with Crippen molar-refractivity contribution in [3.05, 3.63) is 25.1 Å². The molecule has 1 aromatic rings. The molecule has 0 saturated carbocycles. The third-order valence-electron chi connectivity index (χ3n) is 1.34. The maximum Gasteiger partial charge on any atom is 0.189 e. The highest BCUT2D eigenvalue weighted by Gasteiger charge is 2.22. The van der Waals surface area contributed by atoms with Crippen molar-refractivity contribution in [2.45, 2.75) is 4.90 Å². The van der Waals surface area contributed by atoms with Gasteiger partial charge in [0.25, 0.3) is 0 Å². The van der Waals surface area contributed by atoms with Crippen molar-refractivity contribution in [3.8, 4) is 0 Å². The molecule has 1 rings (SSSR count). The van der Waals surface area contributed by atoms with E-state index in [0.717, 1.165) is 0 Å². The fourth-order valence-electron chi connectivity index (χ4n) is 0.738. The average molecular weight is 314 g/mol. The van der Waals surface area contributed by atoms with Crippen molar-refractivity contribution in [3.63, 3.8) is 0 Å². The third-order valence-corrected chi connectivity index (χ3v) is 4.60. The molecule has 1 aromatic carbocycles. The molecule has 0 fully saturated rings. The Bertz CT molecular complexity index is 390. The molecule has 1 atom stereocenters. The van der Waals surface area contributed by atoms with Crippen LogP contribution in [0.25, 0.3) is 0 Å². The highest BCUT2D eigenvalue weighted by Crippen LogP contribution is 2.44. The van der Waals surface area contributed by atoms with Crippen LogP contribution in [0.3, 0.4) is 0 Å². The molecule has 1 N–H and O–H groups in total. The number of hydrogen-bond acceptors (Lipinski definition) is 1. The summed E-state index contributed by atoms with van der Waals surface area (Å²) in [4.78, 5) is -0.243. The minimum Gasteiger partial charge on any atom is -0.302 e. The summed E-state index contributed by atoms with van der Waals surface area (Å²) in [5.41, 5.74) is 0. The molecule has 2 nitrogen and oxygen atoms in total. The summed E-state index contributed by atoms with van der Waals surface area (Å²) in [5.74, 6) is 0. The van der Waals surface area contributed by atoms with Crippen molar-refractivity contribution >= 4 is 69.1 Å². The molecule has 0 bridgehead atoms. The lowest BCUT2D eigenvalue weighted by molar-refractivity contribution is 0.564. The summed E-state index contributed by atoms with van der Waals surface area (Å²) < 4.78 is 19.7. The Morgan fingerprint density at radius 1 is 0.786 bits per heavy atom. The van der Waals surface area contributed by atoms with Gasteiger partial charge in [-0.2, -0.15) is 0 Å². The van der Waals surface area contributed by atoms with Gasteiger partial charge in [-0.15, -0.1) is 0 Å². The molecule has 1 unspecified atom stereocenters. The minimum atomic E-state index is -2.37. The van der Waals surface area contributed by atoms with Gasteiger partial charge in [-0.05, 0) is 0 Å². The highest BCUT2D eigenvalue weighted by molar-refractivity contribution is 7.79. The predicted octanol–water partition coefficient (Wildman–Crippen LogP) is 4.53. The van der Waals surface area contributed by atoms with E-state index in [1.165, 1.54) is 0 Å². The normalized spacial score (nSPS) is 13.0. The number of rotatable bonds is 1. The first-order valence-corrected chi connectivity index (χ1v) is 5.99. The van der Waals surface area contributed by atoms with E-state index >= 15 is 0 Å². The summed E-state index contributed by atoms with van der Waals surface area (Å²) >= 11 is 25.9. The van der Waals surface area contributed by atoms with E-state index in [4.69, 9.17) is 62.6 Å². The molecule has 0 radical (unpaired) electrons. The standard InChI is InChI=1S/C6HCl5O2S/c7-1-2(8)4(10)6(14(12)13)5(11)3(1)9/h(H,12,13). The highest BCUT2D eigenvalue weighted by atomic mass is 35.5. The summed E-state index contributed by atoms with van der Waals surface area (Å²) in [7, 11) is 0. The molecule has 0 aliphatic rings. The smallest absolute Gasteiger partial charge is 0.189 e. The lowest BCUT2D eigenvalue weighted by atomic mass is 10.3. The summed E-state index contributed by atoms with van der Waals surface area (Å²) in [6.45, 7) is 0. The van der Waals surface area contributed by atoms with Crippen LogP contribution in [0.2, 0.25) is 25.1 Å². The molecule has 8 heteroatoms. The van der Waals surface area contributed by atoms with Crippen LogP contribution >= 0.6 is 58.0 Å². The SMILES string of the molecule is O=S(O)c1c(Cl)c(Cl)c(Cl)c(Cl)c1Cl. The van der Waals surface area contributed by atoms with Crippen LogP contribution in [0.15, 0.2) is 4.90 Å². The van der Waals surface area contributed by atoms with Gasteiger partial charge in [0.15, 0.2) is 11.1 Å². The first kappa shape index (κ1) is 12.8. The van der Waals surface area contributed by atoms with Gasteiger partial charge < -0.3 is 4.55 Å². The molecule has 0 aliphatic carbocycles. The minimum absolute atomic E-state index is 0.0440. The second kappa shape index (κ2) is 4.74. The first-order chi connectivity index (χ1) is 6.37. The number of halogens is 5. The van der Waals surface area contributed by atoms with E-state index in [2.05, 4.69) is 0 Å². The van der Waals surface area contributed by atoms with E-state index in [0.29, 0.717) is 0 Å². The fourth-order valence-corrected chi connectivity index (χ4v) is 2.90. The Morgan fingerprint density at radius 2 is 1.07 bits per heavy atom. The van der Waals surface area contributed by atoms with Gasteiger partial charge in [-0.3, -0.25) is 0 Å². The van der Waals surface area contributed by atoms with Crippen molar-refractivity contribution < 1.29 is 8.76 Å². The fraction of sp³-hybridized carbons (Fsp3) is 0. The van der Waals surface area contributed by atoms with E-state index in [1.807, 2.05) is 0 Å². The second-order valence-electron chi connectivity index (χ2n) is 2.15. The first-order valence-electron chi connectivity index (χ1n) is 3.00. The average Bonchev–Trinajstić information content (AvgIpc) is 2.11. The predicted molar refractivity (Wildman–Crippen MR) is 60.5 cm³/mol. The maximum absolute atomic E-state index is 10.8. The van der Waals surface area contributed by atoms with Crippen LogP contribution in [-0.2, 0) is 11.1 Å². The molecule has 0 saturated heterocycles. The van der Waals surface area contributed by atoms with Crippen LogP contribution in [0.1, 0.15) is 0 Å². The number of hydrogen-bond donors (Lipinski definition) is 1. The van der Waals surface area contributed by atoms with Crippen LogP contribution < -0.4 is 0 Å². The maximum atomic E-state index is 10.8.